The molecule has 36 heavy (non-hydrogen) atoms. The third kappa shape index (κ3) is 6.54. The van der Waals surface area contributed by atoms with Gasteiger partial charge >= 0.3 is 0 Å². The van der Waals surface area contributed by atoms with E-state index in [-0.39, 0.29) is 28.3 Å². The van der Waals surface area contributed by atoms with E-state index < -0.39 is 0 Å². The standard InChI is InChI=1S/C27H33N7O2/c1-8-21-23(34-15-22(32-33-34)25(36)30-16-26(2,3)4)12-20(14-29-21)31-24(35)18-9-17(13-28)10-19(11-18)27(5,6)7/h9-12,14-15H,8,16H2,1-7H3,(H,30,36)(H,31,35). The maximum absolute atomic E-state index is 13.1. The summed E-state index contributed by atoms with van der Waals surface area (Å²) in [5, 5.41) is 23.3. The van der Waals surface area contributed by atoms with Crippen LogP contribution in [-0.2, 0) is 11.8 Å². The number of hydrogen-bond donors (Lipinski definition) is 2. The Kier molecular flexibility index (Phi) is 7.58. The molecule has 188 valence electrons. The van der Waals surface area contributed by atoms with Crippen LogP contribution in [0.4, 0.5) is 5.69 Å². The molecule has 0 fully saturated rings. The molecular weight excluding hydrogens is 454 g/mol. The fourth-order valence-electron chi connectivity index (χ4n) is 3.40. The third-order valence-corrected chi connectivity index (χ3v) is 5.48. The number of aromatic nitrogens is 4. The molecule has 2 N–H and O–H groups in total. The van der Waals surface area contributed by atoms with Crippen LogP contribution in [0.5, 0.6) is 0 Å². The van der Waals surface area contributed by atoms with Crippen molar-refractivity contribution < 1.29 is 9.59 Å². The first-order valence-electron chi connectivity index (χ1n) is 11.9. The first kappa shape index (κ1) is 26.5. The molecule has 3 rings (SSSR count). The number of nitriles is 1. The highest BCUT2D eigenvalue weighted by atomic mass is 16.2. The largest absolute Gasteiger partial charge is 0.350 e. The Morgan fingerprint density at radius 3 is 2.39 bits per heavy atom. The lowest BCUT2D eigenvalue weighted by Crippen LogP contribution is -2.32. The van der Waals surface area contributed by atoms with Crippen molar-refractivity contribution >= 4 is 17.5 Å². The summed E-state index contributed by atoms with van der Waals surface area (Å²) in [5.41, 5.74) is 3.43. The molecule has 0 unspecified atom stereocenters. The Bertz CT molecular complexity index is 1320. The molecule has 2 heterocycles. The molecule has 0 atom stereocenters. The number of rotatable bonds is 6. The van der Waals surface area contributed by atoms with Gasteiger partial charge < -0.3 is 10.6 Å². The summed E-state index contributed by atoms with van der Waals surface area (Å²) < 4.78 is 1.49. The second-order valence-electron chi connectivity index (χ2n) is 11.0. The van der Waals surface area contributed by atoms with E-state index in [1.807, 2.05) is 48.5 Å². The van der Waals surface area contributed by atoms with Crippen molar-refractivity contribution in [1.29, 1.82) is 5.26 Å². The molecule has 9 heteroatoms. The summed E-state index contributed by atoms with van der Waals surface area (Å²) in [6.07, 6.45) is 3.74. The van der Waals surface area contributed by atoms with E-state index in [0.717, 1.165) is 11.3 Å². The van der Waals surface area contributed by atoms with Gasteiger partial charge in [0.2, 0.25) is 0 Å². The number of aryl methyl sites for hydroxylation is 1. The average molecular weight is 488 g/mol. The highest BCUT2D eigenvalue weighted by Crippen LogP contribution is 2.25. The van der Waals surface area contributed by atoms with E-state index in [1.165, 1.54) is 4.68 Å². The van der Waals surface area contributed by atoms with Gasteiger partial charge in [0.15, 0.2) is 5.69 Å². The van der Waals surface area contributed by atoms with Gasteiger partial charge in [-0.3, -0.25) is 14.6 Å². The van der Waals surface area contributed by atoms with E-state index >= 15 is 0 Å². The highest BCUT2D eigenvalue weighted by Gasteiger charge is 2.20. The summed E-state index contributed by atoms with van der Waals surface area (Å²) >= 11 is 0. The minimum absolute atomic E-state index is 0.0576. The van der Waals surface area contributed by atoms with Crippen LogP contribution in [0, 0.1) is 16.7 Å². The third-order valence-electron chi connectivity index (χ3n) is 5.48. The molecule has 0 aliphatic carbocycles. The fraction of sp³-hybridized carbons (Fsp3) is 0.407. The summed E-state index contributed by atoms with van der Waals surface area (Å²) in [6.45, 7) is 14.6. The molecule has 2 aromatic heterocycles. The van der Waals surface area contributed by atoms with Crippen molar-refractivity contribution in [2.75, 3.05) is 11.9 Å². The molecule has 0 saturated heterocycles. The molecule has 0 aliphatic heterocycles. The van der Waals surface area contributed by atoms with Crippen molar-refractivity contribution in [2.24, 2.45) is 5.41 Å². The van der Waals surface area contributed by atoms with E-state index in [4.69, 9.17) is 0 Å². The first-order valence-corrected chi connectivity index (χ1v) is 11.9. The van der Waals surface area contributed by atoms with E-state index in [9.17, 15) is 14.9 Å². The molecule has 0 aliphatic rings. The molecule has 9 nitrogen and oxygen atoms in total. The monoisotopic (exact) mass is 487 g/mol. The number of nitrogens with zero attached hydrogens (tertiary/aromatic N) is 5. The Labute approximate surface area is 211 Å². The van der Waals surface area contributed by atoms with Gasteiger partial charge in [0, 0.05) is 12.1 Å². The summed E-state index contributed by atoms with van der Waals surface area (Å²) in [4.78, 5) is 30.0. The normalized spacial score (nSPS) is 11.6. The van der Waals surface area contributed by atoms with E-state index in [1.54, 1.807) is 36.7 Å². The summed E-state index contributed by atoms with van der Waals surface area (Å²) in [6, 6.07) is 9.04. The zero-order valence-corrected chi connectivity index (χ0v) is 21.9. The first-order chi connectivity index (χ1) is 16.8. The number of amides is 2. The lowest BCUT2D eigenvalue weighted by molar-refractivity contribution is 0.0933. The summed E-state index contributed by atoms with van der Waals surface area (Å²) in [5.74, 6) is -0.658. The zero-order chi connectivity index (χ0) is 26.7. The molecule has 0 spiro atoms. The van der Waals surface area contributed by atoms with Crippen molar-refractivity contribution in [1.82, 2.24) is 25.3 Å². The predicted octanol–water partition coefficient (Wildman–Crippen LogP) is 4.42. The van der Waals surface area contributed by atoms with Crippen LogP contribution in [0.2, 0.25) is 0 Å². The van der Waals surface area contributed by atoms with Gasteiger partial charge in [0.25, 0.3) is 11.8 Å². The number of hydrogen-bond acceptors (Lipinski definition) is 6. The molecule has 2 amide bonds. The van der Waals surface area contributed by atoms with Crippen LogP contribution in [0.25, 0.3) is 5.69 Å². The lowest BCUT2D eigenvalue weighted by atomic mass is 9.85. The predicted molar refractivity (Wildman–Crippen MR) is 138 cm³/mol. The molecule has 0 saturated carbocycles. The Hall–Kier alpha value is -4.06. The molecule has 0 radical (unpaired) electrons. The van der Waals surface area contributed by atoms with Gasteiger partial charge in [0.05, 0.1) is 41.1 Å². The van der Waals surface area contributed by atoms with Gasteiger partial charge in [-0.1, -0.05) is 53.7 Å². The second-order valence-corrected chi connectivity index (χ2v) is 11.0. The maximum Gasteiger partial charge on any atom is 0.273 e. The Morgan fingerprint density at radius 1 is 1.06 bits per heavy atom. The van der Waals surface area contributed by atoms with Gasteiger partial charge in [0.1, 0.15) is 0 Å². The number of anilines is 1. The topological polar surface area (TPSA) is 126 Å². The maximum atomic E-state index is 13.1. The van der Waals surface area contributed by atoms with Crippen LogP contribution < -0.4 is 10.6 Å². The number of carbonyl (C=O) groups excluding carboxylic acids is 2. The van der Waals surface area contributed by atoms with Gasteiger partial charge in [-0.25, -0.2) is 4.68 Å². The van der Waals surface area contributed by atoms with Crippen LogP contribution in [0.15, 0.2) is 36.7 Å². The zero-order valence-electron chi connectivity index (χ0n) is 21.9. The smallest absolute Gasteiger partial charge is 0.273 e. The minimum atomic E-state index is -0.351. The minimum Gasteiger partial charge on any atom is -0.350 e. The number of pyridine rings is 1. The van der Waals surface area contributed by atoms with E-state index in [2.05, 4.69) is 32.0 Å². The summed E-state index contributed by atoms with van der Waals surface area (Å²) in [7, 11) is 0. The van der Waals surface area contributed by atoms with E-state index in [0.29, 0.717) is 35.5 Å². The van der Waals surface area contributed by atoms with Crippen LogP contribution in [0.3, 0.4) is 0 Å². The van der Waals surface area contributed by atoms with Crippen LogP contribution >= 0.6 is 0 Å². The quantitative estimate of drug-likeness (QED) is 0.530. The van der Waals surface area contributed by atoms with Crippen molar-refractivity contribution in [3.63, 3.8) is 0 Å². The number of benzene rings is 1. The van der Waals surface area contributed by atoms with Gasteiger partial charge in [-0.2, -0.15) is 5.26 Å². The van der Waals surface area contributed by atoms with Crippen molar-refractivity contribution in [3.8, 4) is 11.8 Å². The second kappa shape index (κ2) is 10.3. The molecule has 0 bridgehead atoms. The fourth-order valence-corrected chi connectivity index (χ4v) is 3.40. The van der Waals surface area contributed by atoms with Crippen LogP contribution in [0.1, 0.15) is 86.1 Å². The van der Waals surface area contributed by atoms with Gasteiger partial charge in [-0.15, -0.1) is 5.10 Å². The highest BCUT2D eigenvalue weighted by molar-refractivity contribution is 6.04. The SMILES string of the molecule is CCc1ncc(NC(=O)c2cc(C#N)cc(C(C)(C)C)c2)cc1-n1cc(C(=O)NCC(C)(C)C)nn1. The Balaban J connectivity index is 1.87. The van der Waals surface area contributed by atoms with Crippen LogP contribution in [-0.4, -0.2) is 38.3 Å². The Morgan fingerprint density at radius 2 is 1.78 bits per heavy atom. The molecule has 1 aromatic carbocycles. The molecular formula is C27H33N7O2. The van der Waals surface area contributed by atoms with Crippen molar-refractivity contribution in [2.45, 2.75) is 60.3 Å². The lowest BCUT2D eigenvalue weighted by Gasteiger charge is -2.20. The van der Waals surface area contributed by atoms with Gasteiger partial charge in [-0.05, 0) is 47.1 Å². The molecule has 3 aromatic rings. The van der Waals surface area contributed by atoms with Crippen molar-refractivity contribution in [3.05, 3.63) is 64.7 Å². The average Bonchev–Trinajstić information content (AvgIpc) is 3.31. The number of carbonyl (C=O) groups is 2. The number of nitrogens with one attached hydrogen (secondary N) is 2.